The number of hydrogen-bond acceptors (Lipinski definition) is 6. The topological polar surface area (TPSA) is 106 Å². The number of aryl methyl sites for hydroxylation is 2. The molecule has 0 atom stereocenters. The molecule has 0 fully saturated rings. The number of hydrogen-bond donors (Lipinski definition) is 2. The number of carbonyl (C=O) groups excluding carboxylic acids is 3. The fraction of sp³-hybridized carbons (Fsp3) is 0.250. The van der Waals surface area contributed by atoms with Gasteiger partial charge < -0.3 is 15.0 Å². The summed E-state index contributed by atoms with van der Waals surface area (Å²) in [6, 6.07) is 22.7. The van der Waals surface area contributed by atoms with Crippen LogP contribution in [0.25, 0.3) is 16.9 Å². The average Bonchev–Trinajstić information content (AvgIpc) is 3.51. The average molecular weight is 692 g/mol. The van der Waals surface area contributed by atoms with E-state index in [4.69, 9.17) is 9.84 Å². The molecule has 0 radical (unpaired) electrons. The standard InChI is InChI=1S/C40H39F2N5O4/c1-4-25-16-12-17-26(5-2)37(25)47-38(29-22-32(42)34(23-31(29)41)43-40(50)44-39(49)27-13-8-7-9-14-27)30-24-46(20-19-33(30)45-47)35-18-11-10-15-28(35)21-36(48)51-6-3/h7-18,22-23H,4-6,19-21,24H2,1-3H3,(H2,43,44,49,50). The Labute approximate surface area is 295 Å². The second-order valence-corrected chi connectivity index (χ2v) is 12.2. The molecule has 0 spiro atoms. The van der Waals surface area contributed by atoms with Crippen LogP contribution in [-0.2, 0) is 41.8 Å². The van der Waals surface area contributed by atoms with Crippen LogP contribution in [0.3, 0.4) is 0 Å². The Balaban J connectivity index is 1.42. The number of benzene rings is 4. The van der Waals surface area contributed by atoms with Crippen LogP contribution in [-0.4, -0.2) is 40.8 Å². The molecule has 0 saturated heterocycles. The predicted octanol–water partition coefficient (Wildman–Crippen LogP) is 7.57. The summed E-state index contributed by atoms with van der Waals surface area (Å²) in [5, 5.41) is 9.47. The van der Waals surface area contributed by atoms with Crippen molar-refractivity contribution in [2.75, 3.05) is 23.4 Å². The van der Waals surface area contributed by atoms with Crippen LogP contribution in [0.5, 0.6) is 0 Å². The third-order valence-corrected chi connectivity index (χ3v) is 9.01. The molecule has 9 nitrogen and oxygen atoms in total. The maximum atomic E-state index is 16.4. The van der Waals surface area contributed by atoms with Crippen LogP contribution in [0.2, 0.25) is 0 Å². The number of amides is 3. The molecule has 51 heavy (non-hydrogen) atoms. The number of imide groups is 1. The number of para-hydroxylation sites is 2. The molecular formula is C40H39F2N5O4. The van der Waals surface area contributed by atoms with Crippen molar-refractivity contribution in [2.45, 2.75) is 53.0 Å². The molecule has 1 aliphatic rings. The first-order valence-electron chi connectivity index (χ1n) is 17.1. The number of rotatable bonds is 10. The number of ether oxygens (including phenoxy) is 1. The van der Waals surface area contributed by atoms with E-state index in [1.807, 2.05) is 56.3 Å². The van der Waals surface area contributed by atoms with Crippen molar-refractivity contribution in [3.05, 3.63) is 130 Å². The molecule has 2 heterocycles. The van der Waals surface area contributed by atoms with E-state index in [2.05, 4.69) is 15.5 Å². The van der Waals surface area contributed by atoms with Gasteiger partial charge in [-0.25, -0.2) is 18.3 Å². The first kappa shape index (κ1) is 35.0. The zero-order valence-corrected chi connectivity index (χ0v) is 28.8. The van der Waals surface area contributed by atoms with Crippen molar-refractivity contribution in [1.29, 1.82) is 0 Å². The van der Waals surface area contributed by atoms with Gasteiger partial charge in [0.15, 0.2) is 0 Å². The highest BCUT2D eigenvalue weighted by Gasteiger charge is 2.31. The monoisotopic (exact) mass is 691 g/mol. The number of anilines is 2. The predicted molar refractivity (Wildman–Crippen MR) is 192 cm³/mol. The molecule has 1 aromatic heterocycles. The van der Waals surface area contributed by atoms with Gasteiger partial charge in [0, 0.05) is 48.0 Å². The minimum Gasteiger partial charge on any atom is -0.466 e. The van der Waals surface area contributed by atoms with Gasteiger partial charge >= 0.3 is 12.0 Å². The number of halogens is 2. The summed E-state index contributed by atoms with van der Waals surface area (Å²) < 4.78 is 39.3. The number of nitrogens with one attached hydrogen (secondary N) is 2. The summed E-state index contributed by atoms with van der Waals surface area (Å²) >= 11 is 0. The lowest BCUT2D eigenvalue weighted by atomic mass is 9.97. The number of nitrogens with zero attached hydrogens (tertiary/aromatic N) is 3. The summed E-state index contributed by atoms with van der Waals surface area (Å²) in [6.07, 6.45) is 2.01. The first-order chi connectivity index (χ1) is 24.7. The number of aromatic nitrogens is 2. The third kappa shape index (κ3) is 7.38. The van der Waals surface area contributed by atoms with E-state index in [1.165, 1.54) is 12.1 Å². The molecular weight excluding hydrogens is 652 g/mol. The lowest BCUT2D eigenvalue weighted by Crippen LogP contribution is -2.34. The van der Waals surface area contributed by atoms with Crippen LogP contribution in [0.15, 0.2) is 84.9 Å². The van der Waals surface area contributed by atoms with Crippen LogP contribution in [0, 0.1) is 11.6 Å². The van der Waals surface area contributed by atoms with Gasteiger partial charge in [-0.1, -0.05) is 68.4 Å². The second-order valence-electron chi connectivity index (χ2n) is 12.2. The highest BCUT2D eigenvalue weighted by molar-refractivity contribution is 6.08. The fourth-order valence-corrected chi connectivity index (χ4v) is 6.58. The van der Waals surface area contributed by atoms with Crippen molar-refractivity contribution in [3.8, 4) is 16.9 Å². The van der Waals surface area contributed by atoms with Gasteiger partial charge in [-0.15, -0.1) is 0 Å². The van der Waals surface area contributed by atoms with E-state index in [1.54, 1.807) is 29.8 Å². The summed E-state index contributed by atoms with van der Waals surface area (Å²) in [5.74, 6) is -2.68. The number of fused-ring (bicyclic) bond motifs is 1. The number of urea groups is 1. The van der Waals surface area contributed by atoms with E-state index < -0.39 is 29.3 Å². The molecule has 0 saturated carbocycles. The molecule has 0 aliphatic carbocycles. The molecule has 4 aromatic carbocycles. The molecule has 5 aromatic rings. The van der Waals surface area contributed by atoms with Gasteiger partial charge in [0.05, 0.1) is 35.8 Å². The van der Waals surface area contributed by atoms with Crippen LogP contribution >= 0.6 is 0 Å². The van der Waals surface area contributed by atoms with Crippen molar-refractivity contribution >= 4 is 29.3 Å². The molecule has 0 bridgehead atoms. The SMILES string of the molecule is CCOC(=O)Cc1ccccc1N1CCc2nn(-c3c(CC)cccc3CC)c(-c3cc(F)c(NC(=O)NC(=O)c4ccccc4)cc3F)c2C1. The van der Waals surface area contributed by atoms with Gasteiger partial charge in [0.1, 0.15) is 11.6 Å². The van der Waals surface area contributed by atoms with Gasteiger partial charge in [-0.05, 0) is 60.7 Å². The summed E-state index contributed by atoms with van der Waals surface area (Å²) in [6.45, 7) is 7.04. The molecule has 3 amide bonds. The van der Waals surface area contributed by atoms with Crippen LogP contribution in [0.4, 0.5) is 25.0 Å². The van der Waals surface area contributed by atoms with E-state index >= 15 is 8.78 Å². The summed E-state index contributed by atoms with van der Waals surface area (Å²) in [7, 11) is 0. The largest absolute Gasteiger partial charge is 0.466 e. The smallest absolute Gasteiger partial charge is 0.326 e. The lowest BCUT2D eigenvalue weighted by molar-refractivity contribution is -0.142. The minimum atomic E-state index is -1.00. The Morgan fingerprint density at radius 1 is 0.843 bits per heavy atom. The van der Waals surface area contributed by atoms with Gasteiger partial charge in [-0.2, -0.15) is 5.10 Å². The van der Waals surface area contributed by atoms with Crippen LogP contribution < -0.4 is 15.5 Å². The van der Waals surface area contributed by atoms with E-state index in [9.17, 15) is 14.4 Å². The van der Waals surface area contributed by atoms with Gasteiger partial charge in [-0.3, -0.25) is 14.9 Å². The Kier molecular flexibility index (Phi) is 10.5. The fourth-order valence-electron chi connectivity index (χ4n) is 6.58. The molecule has 1 aliphatic heterocycles. The molecule has 262 valence electrons. The summed E-state index contributed by atoms with van der Waals surface area (Å²) in [5.41, 5.74) is 6.16. The van der Waals surface area contributed by atoms with E-state index in [-0.39, 0.29) is 30.1 Å². The Morgan fingerprint density at radius 2 is 1.53 bits per heavy atom. The van der Waals surface area contributed by atoms with E-state index in [0.717, 1.165) is 51.5 Å². The van der Waals surface area contributed by atoms with Crippen molar-refractivity contribution in [2.24, 2.45) is 0 Å². The molecule has 0 unspecified atom stereocenters. The third-order valence-electron chi connectivity index (χ3n) is 9.01. The summed E-state index contributed by atoms with van der Waals surface area (Å²) in [4.78, 5) is 39.7. The van der Waals surface area contributed by atoms with Crippen molar-refractivity contribution in [3.63, 3.8) is 0 Å². The Bertz CT molecular complexity index is 2070. The minimum absolute atomic E-state index is 0.0258. The normalized spacial score (nSPS) is 12.3. The molecule has 6 rings (SSSR count). The zero-order valence-electron chi connectivity index (χ0n) is 28.8. The highest BCUT2D eigenvalue weighted by atomic mass is 19.1. The van der Waals surface area contributed by atoms with Crippen molar-refractivity contribution in [1.82, 2.24) is 15.1 Å². The molecule has 11 heteroatoms. The lowest BCUT2D eigenvalue weighted by Gasteiger charge is -2.31. The highest BCUT2D eigenvalue weighted by Crippen LogP contribution is 2.39. The maximum Gasteiger partial charge on any atom is 0.326 e. The van der Waals surface area contributed by atoms with Crippen molar-refractivity contribution < 1.29 is 27.9 Å². The first-order valence-corrected chi connectivity index (χ1v) is 17.1. The second kappa shape index (κ2) is 15.4. The zero-order chi connectivity index (χ0) is 36.1. The van der Waals surface area contributed by atoms with Crippen LogP contribution in [0.1, 0.15) is 59.1 Å². The molecule has 2 N–H and O–H groups in total. The van der Waals surface area contributed by atoms with Gasteiger partial charge in [0.25, 0.3) is 5.91 Å². The Hall–Kier alpha value is -5.84. The van der Waals surface area contributed by atoms with E-state index in [0.29, 0.717) is 38.0 Å². The Morgan fingerprint density at radius 3 is 2.24 bits per heavy atom. The number of esters is 1. The quantitative estimate of drug-likeness (QED) is 0.146. The van der Waals surface area contributed by atoms with Gasteiger partial charge in [0.2, 0.25) is 0 Å². The maximum absolute atomic E-state index is 16.4. The number of carbonyl (C=O) groups is 3.